The van der Waals surface area contributed by atoms with E-state index < -0.39 is 0 Å². The monoisotopic (exact) mass is 241 g/mol. The van der Waals surface area contributed by atoms with Crippen LogP contribution in [-0.4, -0.2) is 10.1 Å². The number of benzene rings is 1. The topological polar surface area (TPSA) is 42.4 Å². The van der Waals surface area contributed by atoms with Crippen molar-refractivity contribution >= 4 is 0 Å². The van der Waals surface area contributed by atoms with Gasteiger partial charge in [-0.25, -0.2) is 0 Å². The van der Waals surface area contributed by atoms with Crippen LogP contribution in [0.15, 0.2) is 36.7 Å². The van der Waals surface area contributed by atoms with E-state index in [2.05, 4.69) is 17.1 Å². The van der Waals surface area contributed by atoms with E-state index in [4.69, 9.17) is 4.74 Å². The molecular weight excluding hydrogens is 226 g/mol. The summed E-state index contributed by atoms with van der Waals surface area (Å²) >= 11 is 0. The number of nitrogens with zero attached hydrogens (tertiary/aromatic N) is 1. The van der Waals surface area contributed by atoms with Crippen molar-refractivity contribution in [1.29, 1.82) is 0 Å². The number of fused-ring (bicyclic) bond motifs is 1. The molecule has 1 heterocycles. The zero-order valence-corrected chi connectivity index (χ0v) is 10.1. The molecule has 1 aromatic heterocycles. The van der Waals surface area contributed by atoms with Gasteiger partial charge in [-0.05, 0) is 48.6 Å². The Labute approximate surface area is 106 Å². The summed E-state index contributed by atoms with van der Waals surface area (Å²) < 4.78 is 5.80. The van der Waals surface area contributed by atoms with Gasteiger partial charge in [0, 0.05) is 11.8 Å². The number of ether oxygens (including phenoxy) is 1. The molecule has 1 N–H and O–H groups in total. The van der Waals surface area contributed by atoms with Crippen LogP contribution in [0.25, 0.3) is 0 Å². The molecule has 0 aliphatic heterocycles. The Morgan fingerprint density at radius 2 is 2.06 bits per heavy atom. The fraction of sp³-hybridized carbons (Fsp3) is 0.267. The summed E-state index contributed by atoms with van der Waals surface area (Å²) in [5, 5.41) is 9.24. The van der Waals surface area contributed by atoms with Gasteiger partial charge in [-0.1, -0.05) is 6.07 Å². The SMILES string of the molecule is OCc1ccncc1Oc1ccc2c(c1)CCC2. The molecule has 0 saturated heterocycles. The summed E-state index contributed by atoms with van der Waals surface area (Å²) in [6.45, 7) is -0.0389. The zero-order valence-electron chi connectivity index (χ0n) is 10.1. The Kier molecular flexibility index (Phi) is 2.99. The average Bonchev–Trinajstić information content (AvgIpc) is 2.87. The van der Waals surface area contributed by atoms with Crippen LogP contribution >= 0.6 is 0 Å². The lowest BCUT2D eigenvalue weighted by atomic mass is 10.1. The number of pyridine rings is 1. The fourth-order valence-electron chi connectivity index (χ4n) is 2.37. The first-order valence-corrected chi connectivity index (χ1v) is 6.20. The molecule has 2 aromatic rings. The summed E-state index contributed by atoms with van der Waals surface area (Å²) in [7, 11) is 0. The van der Waals surface area contributed by atoms with Crippen molar-refractivity contribution in [1.82, 2.24) is 4.98 Å². The molecule has 0 bridgehead atoms. The molecule has 18 heavy (non-hydrogen) atoms. The highest BCUT2D eigenvalue weighted by Gasteiger charge is 2.12. The molecular formula is C15H15NO2. The van der Waals surface area contributed by atoms with Crippen molar-refractivity contribution in [2.75, 3.05) is 0 Å². The number of aromatic nitrogens is 1. The second-order valence-corrected chi connectivity index (χ2v) is 4.53. The molecule has 3 rings (SSSR count). The maximum atomic E-state index is 9.24. The third-order valence-electron chi connectivity index (χ3n) is 3.34. The van der Waals surface area contributed by atoms with Gasteiger partial charge in [0.1, 0.15) is 5.75 Å². The van der Waals surface area contributed by atoms with Gasteiger partial charge in [0.25, 0.3) is 0 Å². The van der Waals surface area contributed by atoms with Crippen LogP contribution in [0, 0.1) is 0 Å². The summed E-state index contributed by atoms with van der Waals surface area (Å²) in [6, 6.07) is 7.98. The summed E-state index contributed by atoms with van der Waals surface area (Å²) in [5.41, 5.74) is 3.56. The van der Waals surface area contributed by atoms with Gasteiger partial charge >= 0.3 is 0 Å². The number of hydrogen-bond acceptors (Lipinski definition) is 3. The number of rotatable bonds is 3. The van der Waals surface area contributed by atoms with E-state index in [0.29, 0.717) is 5.75 Å². The molecule has 0 unspecified atom stereocenters. The van der Waals surface area contributed by atoms with Crippen LogP contribution in [-0.2, 0) is 19.4 Å². The quantitative estimate of drug-likeness (QED) is 0.898. The van der Waals surface area contributed by atoms with Crippen molar-refractivity contribution in [3.63, 3.8) is 0 Å². The van der Waals surface area contributed by atoms with Gasteiger partial charge in [-0.2, -0.15) is 0 Å². The maximum Gasteiger partial charge on any atom is 0.151 e. The van der Waals surface area contributed by atoms with Crippen molar-refractivity contribution < 1.29 is 9.84 Å². The van der Waals surface area contributed by atoms with E-state index in [9.17, 15) is 5.11 Å². The van der Waals surface area contributed by atoms with Crippen LogP contribution in [0.1, 0.15) is 23.1 Å². The van der Waals surface area contributed by atoms with E-state index in [1.807, 2.05) is 6.07 Å². The third kappa shape index (κ3) is 2.09. The molecule has 3 heteroatoms. The lowest BCUT2D eigenvalue weighted by molar-refractivity contribution is 0.276. The third-order valence-corrected chi connectivity index (χ3v) is 3.34. The Morgan fingerprint density at radius 3 is 2.94 bits per heavy atom. The highest BCUT2D eigenvalue weighted by molar-refractivity contribution is 5.41. The average molecular weight is 241 g/mol. The van der Waals surface area contributed by atoms with Gasteiger partial charge in [-0.15, -0.1) is 0 Å². The predicted octanol–water partition coefficient (Wildman–Crippen LogP) is 2.85. The van der Waals surface area contributed by atoms with Crippen LogP contribution < -0.4 is 4.74 Å². The van der Waals surface area contributed by atoms with Crippen molar-refractivity contribution in [2.45, 2.75) is 25.9 Å². The molecule has 1 aromatic carbocycles. The molecule has 0 spiro atoms. The van der Waals surface area contributed by atoms with E-state index in [1.54, 1.807) is 18.5 Å². The van der Waals surface area contributed by atoms with Gasteiger partial charge in [0.05, 0.1) is 12.8 Å². The van der Waals surface area contributed by atoms with Crippen LogP contribution in [0.5, 0.6) is 11.5 Å². The predicted molar refractivity (Wildman–Crippen MR) is 68.7 cm³/mol. The van der Waals surface area contributed by atoms with Crippen molar-refractivity contribution in [3.8, 4) is 11.5 Å². The van der Waals surface area contributed by atoms with E-state index in [1.165, 1.54) is 24.0 Å². The summed E-state index contributed by atoms with van der Waals surface area (Å²) in [5.74, 6) is 1.44. The first kappa shape index (κ1) is 11.2. The van der Waals surface area contributed by atoms with Gasteiger partial charge in [-0.3, -0.25) is 4.98 Å². The Balaban J connectivity index is 1.88. The number of aliphatic hydroxyl groups excluding tert-OH is 1. The normalized spacial score (nSPS) is 13.4. The van der Waals surface area contributed by atoms with Gasteiger partial charge in [0.15, 0.2) is 5.75 Å². The molecule has 1 aliphatic rings. The van der Waals surface area contributed by atoms with E-state index >= 15 is 0 Å². The zero-order chi connectivity index (χ0) is 12.4. The van der Waals surface area contributed by atoms with Crippen LogP contribution in [0.3, 0.4) is 0 Å². The Bertz CT molecular complexity index is 566. The first-order chi connectivity index (χ1) is 8.86. The first-order valence-electron chi connectivity index (χ1n) is 6.20. The fourth-order valence-corrected chi connectivity index (χ4v) is 2.37. The smallest absolute Gasteiger partial charge is 0.151 e. The minimum Gasteiger partial charge on any atom is -0.455 e. The van der Waals surface area contributed by atoms with E-state index in [0.717, 1.165) is 17.7 Å². The number of aryl methyl sites for hydroxylation is 2. The largest absolute Gasteiger partial charge is 0.455 e. The molecule has 0 atom stereocenters. The molecule has 0 fully saturated rings. The molecule has 0 saturated carbocycles. The minimum atomic E-state index is -0.0389. The highest BCUT2D eigenvalue weighted by Crippen LogP contribution is 2.29. The Hall–Kier alpha value is -1.87. The van der Waals surface area contributed by atoms with Crippen molar-refractivity contribution in [3.05, 3.63) is 53.3 Å². The standard InChI is InChI=1S/C15H15NO2/c17-10-13-6-7-16-9-15(13)18-14-5-4-11-2-1-3-12(11)8-14/h4-9,17H,1-3,10H2. The maximum absolute atomic E-state index is 9.24. The molecule has 3 nitrogen and oxygen atoms in total. The van der Waals surface area contributed by atoms with Crippen LogP contribution in [0.4, 0.5) is 0 Å². The van der Waals surface area contributed by atoms with Crippen LogP contribution in [0.2, 0.25) is 0 Å². The summed E-state index contributed by atoms with van der Waals surface area (Å²) in [6.07, 6.45) is 6.82. The Morgan fingerprint density at radius 1 is 1.17 bits per heavy atom. The molecule has 0 radical (unpaired) electrons. The van der Waals surface area contributed by atoms with Gasteiger partial charge < -0.3 is 9.84 Å². The number of hydrogen-bond donors (Lipinski definition) is 1. The van der Waals surface area contributed by atoms with Gasteiger partial charge in [0.2, 0.25) is 0 Å². The minimum absolute atomic E-state index is 0.0389. The molecule has 1 aliphatic carbocycles. The second-order valence-electron chi connectivity index (χ2n) is 4.53. The molecule has 0 amide bonds. The van der Waals surface area contributed by atoms with E-state index in [-0.39, 0.29) is 6.61 Å². The lowest BCUT2D eigenvalue weighted by Crippen LogP contribution is -1.93. The highest BCUT2D eigenvalue weighted by atomic mass is 16.5. The number of aliphatic hydroxyl groups is 1. The molecule has 92 valence electrons. The lowest BCUT2D eigenvalue weighted by Gasteiger charge is -2.10. The second kappa shape index (κ2) is 4.78. The van der Waals surface area contributed by atoms with Crippen molar-refractivity contribution in [2.24, 2.45) is 0 Å². The summed E-state index contributed by atoms with van der Waals surface area (Å²) in [4.78, 5) is 4.03.